The topological polar surface area (TPSA) is 45.2 Å². The molecule has 1 saturated heterocycles. The van der Waals surface area contributed by atoms with Crippen LogP contribution in [0.4, 0.5) is 5.82 Å². The molecule has 3 aromatic rings. The third kappa shape index (κ3) is 5.03. The third-order valence-electron chi connectivity index (χ3n) is 5.15. The van der Waals surface area contributed by atoms with Crippen molar-refractivity contribution < 1.29 is 4.79 Å². The first-order chi connectivity index (χ1) is 14.2. The Morgan fingerprint density at radius 1 is 1.07 bits per heavy atom. The number of anilines is 1. The number of fused-ring (bicyclic) bond motifs is 1. The van der Waals surface area contributed by atoms with Gasteiger partial charge in [-0.3, -0.25) is 4.79 Å². The minimum absolute atomic E-state index is 0.000774. The Hall–Kier alpha value is -2.24. The van der Waals surface area contributed by atoms with Crippen LogP contribution < -0.4 is 10.2 Å². The number of rotatable bonds is 6. The van der Waals surface area contributed by atoms with Crippen molar-refractivity contribution >= 4 is 45.9 Å². The summed E-state index contributed by atoms with van der Waals surface area (Å²) in [6.07, 6.45) is 5.64. The van der Waals surface area contributed by atoms with Crippen LogP contribution in [-0.4, -0.2) is 29.7 Å². The quantitative estimate of drug-likeness (QED) is 0.545. The van der Waals surface area contributed by atoms with Crippen LogP contribution in [0.15, 0.2) is 59.6 Å². The molecule has 1 amide bonds. The number of pyridine rings is 1. The van der Waals surface area contributed by atoms with Gasteiger partial charge in [-0.25, -0.2) is 4.98 Å². The number of hydrogen-bond acceptors (Lipinski definition) is 4. The fourth-order valence-electron chi connectivity index (χ4n) is 3.61. The van der Waals surface area contributed by atoms with Crippen LogP contribution in [0.5, 0.6) is 0 Å². The van der Waals surface area contributed by atoms with Crippen molar-refractivity contribution in [3.63, 3.8) is 0 Å². The molecule has 1 aromatic heterocycles. The van der Waals surface area contributed by atoms with Crippen molar-refractivity contribution in [2.75, 3.05) is 23.7 Å². The molecule has 0 atom stereocenters. The first kappa shape index (κ1) is 20.0. The van der Waals surface area contributed by atoms with Crippen LogP contribution in [0.3, 0.4) is 0 Å². The van der Waals surface area contributed by atoms with E-state index in [1.54, 1.807) is 0 Å². The fourth-order valence-corrected chi connectivity index (χ4v) is 4.88. The molecule has 2 aromatic carbocycles. The molecule has 1 fully saturated rings. The number of halogens is 1. The zero-order chi connectivity index (χ0) is 20.1. The van der Waals surface area contributed by atoms with E-state index in [9.17, 15) is 4.79 Å². The molecule has 4 nitrogen and oxygen atoms in total. The Kier molecular flexibility index (Phi) is 6.57. The van der Waals surface area contributed by atoms with E-state index in [4.69, 9.17) is 11.6 Å². The van der Waals surface area contributed by atoms with Gasteiger partial charge in [-0.05, 0) is 48.4 Å². The molecule has 1 aliphatic heterocycles. The number of benzene rings is 2. The average Bonchev–Trinajstić information content (AvgIpc) is 2.77. The zero-order valence-electron chi connectivity index (χ0n) is 16.2. The lowest BCUT2D eigenvalue weighted by molar-refractivity contribution is -0.118. The minimum atomic E-state index is -0.000774. The maximum atomic E-state index is 12.3. The summed E-state index contributed by atoms with van der Waals surface area (Å²) in [5.41, 5.74) is 1.01. The van der Waals surface area contributed by atoms with Crippen molar-refractivity contribution in [2.45, 2.75) is 30.7 Å². The van der Waals surface area contributed by atoms with E-state index < -0.39 is 0 Å². The second kappa shape index (κ2) is 9.51. The van der Waals surface area contributed by atoms with Crippen LogP contribution in [0.25, 0.3) is 10.8 Å². The van der Waals surface area contributed by atoms with E-state index in [1.807, 2.05) is 42.6 Å². The molecule has 1 aliphatic rings. The Bertz CT molecular complexity index is 982. The van der Waals surface area contributed by atoms with E-state index in [-0.39, 0.29) is 5.91 Å². The van der Waals surface area contributed by atoms with E-state index in [1.165, 1.54) is 31.0 Å². The highest BCUT2D eigenvalue weighted by molar-refractivity contribution is 8.00. The number of nitrogens with zero attached hydrogens (tertiary/aromatic N) is 2. The summed E-state index contributed by atoms with van der Waals surface area (Å²) >= 11 is 7.87. The van der Waals surface area contributed by atoms with Crippen molar-refractivity contribution in [2.24, 2.45) is 0 Å². The number of thioether (sulfide) groups is 1. The van der Waals surface area contributed by atoms with Crippen LogP contribution >= 0.6 is 23.4 Å². The normalized spacial score (nSPS) is 14.2. The molecule has 0 aliphatic carbocycles. The van der Waals surface area contributed by atoms with Gasteiger partial charge in [0.2, 0.25) is 5.91 Å². The summed E-state index contributed by atoms with van der Waals surface area (Å²) < 4.78 is 0. The van der Waals surface area contributed by atoms with Crippen LogP contribution in [0.1, 0.15) is 24.8 Å². The summed E-state index contributed by atoms with van der Waals surface area (Å²) in [5.74, 6) is 1.38. The van der Waals surface area contributed by atoms with Crippen molar-refractivity contribution in [1.29, 1.82) is 0 Å². The number of carbonyl (C=O) groups excluding carboxylic acids is 1. The predicted octanol–water partition coefficient (Wildman–Crippen LogP) is 5.29. The van der Waals surface area contributed by atoms with Gasteiger partial charge in [0.15, 0.2) is 0 Å². The Balaban J connectivity index is 1.30. The van der Waals surface area contributed by atoms with Gasteiger partial charge in [0.05, 0.1) is 5.75 Å². The van der Waals surface area contributed by atoms with Crippen LogP contribution in [0, 0.1) is 0 Å². The minimum Gasteiger partial charge on any atom is -0.357 e. The summed E-state index contributed by atoms with van der Waals surface area (Å²) in [7, 11) is 0. The van der Waals surface area contributed by atoms with Gasteiger partial charge in [-0.2, -0.15) is 0 Å². The van der Waals surface area contributed by atoms with Crippen molar-refractivity contribution in [3.8, 4) is 0 Å². The maximum Gasteiger partial charge on any atom is 0.230 e. The second-order valence-electron chi connectivity index (χ2n) is 7.23. The summed E-state index contributed by atoms with van der Waals surface area (Å²) in [5, 5.41) is 5.79. The van der Waals surface area contributed by atoms with Crippen LogP contribution in [-0.2, 0) is 11.3 Å². The first-order valence-electron chi connectivity index (χ1n) is 9.97. The molecule has 1 N–H and O–H groups in total. The monoisotopic (exact) mass is 425 g/mol. The standard InChI is InChI=1S/C23H24ClN3OS/c24-19-8-4-6-18-7-5-9-20(23(18)19)29-16-22(28)26-15-17-10-11-21(25-14-17)27-12-2-1-3-13-27/h4-11,14H,1-3,12-13,15-16H2,(H,26,28). The lowest BCUT2D eigenvalue weighted by Crippen LogP contribution is -2.30. The molecular weight excluding hydrogens is 402 g/mol. The number of piperidine rings is 1. The van der Waals surface area contributed by atoms with Gasteiger partial charge in [0.25, 0.3) is 0 Å². The van der Waals surface area contributed by atoms with Gasteiger partial charge in [-0.1, -0.05) is 41.9 Å². The largest absolute Gasteiger partial charge is 0.357 e. The molecule has 2 heterocycles. The number of aromatic nitrogens is 1. The van der Waals surface area contributed by atoms with E-state index >= 15 is 0 Å². The van der Waals surface area contributed by atoms with E-state index in [0.29, 0.717) is 17.3 Å². The lowest BCUT2D eigenvalue weighted by atomic mass is 10.1. The van der Waals surface area contributed by atoms with Gasteiger partial charge in [0, 0.05) is 41.1 Å². The van der Waals surface area contributed by atoms with Gasteiger partial charge < -0.3 is 10.2 Å². The predicted molar refractivity (Wildman–Crippen MR) is 122 cm³/mol. The van der Waals surface area contributed by atoms with Crippen molar-refractivity contribution in [3.05, 3.63) is 65.3 Å². The third-order valence-corrected chi connectivity index (χ3v) is 6.53. The molecule has 0 spiro atoms. The van der Waals surface area contributed by atoms with Gasteiger partial charge >= 0.3 is 0 Å². The SMILES string of the molecule is O=C(CSc1cccc2cccc(Cl)c12)NCc1ccc(N2CCCCC2)nc1. The highest BCUT2D eigenvalue weighted by Gasteiger charge is 2.12. The molecule has 0 unspecified atom stereocenters. The molecule has 4 rings (SSSR count). The molecular formula is C23H24ClN3OS. The summed E-state index contributed by atoms with van der Waals surface area (Å²) in [4.78, 5) is 20.3. The second-order valence-corrected chi connectivity index (χ2v) is 8.66. The number of hydrogen-bond donors (Lipinski definition) is 1. The smallest absolute Gasteiger partial charge is 0.230 e. The Labute approximate surface area is 180 Å². The van der Waals surface area contributed by atoms with E-state index in [2.05, 4.69) is 27.3 Å². The molecule has 150 valence electrons. The number of carbonyl (C=O) groups is 1. The van der Waals surface area contributed by atoms with Crippen molar-refractivity contribution in [1.82, 2.24) is 10.3 Å². The van der Waals surface area contributed by atoms with Gasteiger partial charge in [-0.15, -0.1) is 11.8 Å². The Morgan fingerprint density at radius 3 is 2.62 bits per heavy atom. The first-order valence-corrected chi connectivity index (χ1v) is 11.3. The molecule has 0 radical (unpaired) electrons. The lowest BCUT2D eigenvalue weighted by Gasteiger charge is -2.27. The van der Waals surface area contributed by atoms with Crippen LogP contribution in [0.2, 0.25) is 5.02 Å². The highest BCUT2D eigenvalue weighted by atomic mass is 35.5. The zero-order valence-corrected chi connectivity index (χ0v) is 17.8. The molecule has 29 heavy (non-hydrogen) atoms. The molecule has 0 saturated carbocycles. The summed E-state index contributed by atoms with van der Waals surface area (Å²) in [6.45, 7) is 2.65. The Morgan fingerprint density at radius 2 is 1.86 bits per heavy atom. The maximum absolute atomic E-state index is 12.3. The average molecular weight is 426 g/mol. The molecule has 0 bridgehead atoms. The number of amides is 1. The fraction of sp³-hybridized carbons (Fsp3) is 0.304. The summed E-state index contributed by atoms with van der Waals surface area (Å²) in [6, 6.07) is 16.0. The van der Waals surface area contributed by atoms with Gasteiger partial charge in [0.1, 0.15) is 5.82 Å². The van der Waals surface area contributed by atoms with E-state index in [0.717, 1.165) is 40.1 Å². The molecule has 6 heteroatoms. The highest BCUT2D eigenvalue weighted by Crippen LogP contribution is 2.33. The number of nitrogens with one attached hydrogen (secondary N) is 1.